The Bertz CT molecular complexity index is 2710. The van der Waals surface area contributed by atoms with Gasteiger partial charge in [-0.25, -0.2) is 29.5 Å². The largest absolute Gasteiger partial charge is 0.453 e. The number of methoxy groups -OCH3 is 2. The first-order chi connectivity index (χ1) is 30.3. The average molecular weight is 835 g/mol. The third-order valence-electron chi connectivity index (χ3n) is 11.8. The SMILES string of the molecule is COC(=O)NC(C(=O)N1CCCC1c1nc2ccc(-c3ncc(-c4ccc5nc(C6CCCN6C(O)C(NC(=O)OC)c6ccccc6)[nH]c5c4)cn3)cc2[nH]1)c1ccccc1. The highest BCUT2D eigenvalue weighted by molar-refractivity contribution is 5.88. The summed E-state index contributed by atoms with van der Waals surface area (Å²) in [5, 5.41) is 17.2. The van der Waals surface area contributed by atoms with Crippen LogP contribution in [0.4, 0.5) is 9.59 Å². The first-order valence-electron chi connectivity index (χ1n) is 20.6. The van der Waals surface area contributed by atoms with Gasteiger partial charge in [0.15, 0.2) is 5.82 Å². The normalized spacial score (nSPS) is 18.1. The van der Waals surface area contributed by atoms with Gasteiger partial charge in [0, 0.05) is 36.6 Å². The van der Waals surface area contributed by atoms with Gasteiger partial charge in [-0.3, -0.25) is 9.69 Å². The molecule has 7 aromatic rings. The van der Waals surface area contributed by atoms with E-state index in [1.165, 1.54) is 14.2 Å². The Kier molecular flexibility index (Phi) is 11.3. The second kappa shape index (κ2) is 17.4. The zero-order valence-electron chi connectivity index (χ0n) is 34.2. The van der Waals surface area contributed by atoms with Crippen LogP contribution in [0.15, 0.2) is 109 Å². The number of aliphatic hydroxyl groups is 1. The van der Waals surface area contributed by atoms with Crippen molar-refractivity contribution in [2.45, 2.75) is 56.1 Å². The van der Waals surface area contributed by atoms with Gasteiger partial charge < -0.3 is 40.1 Å². The molecule has 2 saturated heterocycles. The van der Waals surface area contributed by atoms with Crippen LogP contribution in [0.1, 0.15) is 72.6 Å². The predicted molar refractivity (Wildman–Crippen MR) is 230 cm³/mol. The summed E-state index contributed by atoms with van der Waals surface area (Å²) < 4.78 is 9.72. The minimum Gasteiger partial charge on any atom is -0.453 e. The zero-order chi connectivity index (χ0) is 42.7. The molecule has 3 amide bonds. The van der Waals surface area contributed by atoms with Crippen LogP contribution < -0.4 is 10.6 Å². The molecule has 0 aliphatic carbocycles. The highest BCUT2D eigenvalue weighted by atomic mass is 16.5. The first kappa shape index (κ1) is 40.2. The number of benzene rings is 4. The molecule has 9 rings (SSSR count). The third kappa shape index (κ3) is 8.04. The van der Waals surface area contributed by atoms with Crippen LogP contribution in [0.5, 0.6) is 0 Å². The lowest BCUT2D eigenvalue weighted by Crippen LogP contribution is -2.46. The Balaban J connectivity index is 0.909. The molecule has 0 saturated carbocycles. The number of hydrogen-bond donors (Lipinski definition) is 5. The third-order valence-corrected chi connectivity index (χ3v) is 11.8. The van der Waals surface area contributed by atoms with Crippen LogP contribution in [-0.2, 0) is 14.3 Å². The van der Waals surface area contributed by atoms with Gasteiger partial charge >= 0.3 is 12.2 Å². The Morgan fingerprint density at radius 3 is 1.92 bits per heavy atom. The van der Waals surface area contributed by atoms with Crippen molar-refractivity contribution in [1.82, 2.24) is 50.3 Å². The second-order valence-electron chi connectivity index (χ2n) is 15.5. The maximum absolute atomic E-state index is 14.0. The number of imidazole rings is 2. The van der Waals surface area contributed by atoms with Crippen LogP contribution in [0.3, 0.4) is 0 Å². The summed E-state index contributed by atoms with van der Waals surface area (Å²) in [5.74, 6) is 1.72. The van der Waals surface area contributed by atoms with E-state index in [-0.39, 0.29) is 18.0 Å². The maximum atomic E-state index is 14.0. The van der Waals surface area contributed by atoms with E-state index in [1.54, 1.807) is 17.3 Å². The minimum absolute atomic E-state index is 0.195. The summed E-state index contributed by atoms with van der Waals surface area (Å²) in [7, 11) is 2.58. The molecule has 0 spiro atoms. The zero-order valence-corrected chi connectivity index (χ0v) is 34.2. The molecule has 316 valence electrons. The van der Waals surface area contributed by atoms with E-state index >= 15 is 0 Å². The maximum Gasteiger partial charge on any atom is 0.407 e. The Labute approximate surface area is 356 Å². The lowest BCUT2D eigenvalue weighted by Gasteiger charge is -2.34. The molecule has 5 N–H and O–H groups in total. The average Bonchev–Trinajstić information content (AvgIpc) is 4.16. The predicted octanol–water partition coefficient (Wildman–Crippen LogP) is 6.88. The van der Waals surface area contributed by atoms with Crippen LogP contribution in [0.2, 0.25) is 0 Å². The first-order valence-corrected chi connectivity index (χ1v) is 20.6. The number of ether oxygens (including phenoxy) is 2. The number of hydrogen-bond acceptors (Lipinski definition) is 11. The minimum atomic E-state index is -1.02. The number of likely N-dealkylation sites (tertiary alicyclic amines) is 2. The quantitative estimate of drug-likeness (QED) is 0.0909. The molecule has 5 heterocycles. The molecule has 0 bridgehead atoms. The van der Waals surface area contributed by atoms with E-state index in [1.807, 2.05) is 102 Å². The van der Waals surface area contributed by atoms with Crippen molar-refractivity contribution >= 4 is 40.2 Å². The Morgan fingerprint density at radius 2 is 1.26 bits per heavy atom. The van der Waals surface area contributed by atoms with E-state index in [0.717, 1.165) is 75.8 Å². The molecule has 62 heavy (non-hydrogen) atoms. The number of nitrogens with one attached hydrogen (secondary N) is 4. The van der Waals surface area contributed by atoms with Gasteiger partial charge in [-0.2, -0.15) is 0 Å². The monoisotopic (exact) mass is 834 g/mol. The van der Waals surface area contributed by atoms with Crippen molar-refractivity contribution in [3.8, 4) is 22.5 Å². The summed E-state index contributed by atoms with van der Waals surface area (Å²) >= 11 is 0. The summed E-state index contributed by atoms with van der Waals surface area (Å²) in [6.45, 7) is 1.16. The van der Waals surface area contributed by atoms with Crippen molar-refractivity contribution in [2.75, 3.05) is 27.3 Å². The van der Waals surface area contributed by atoms with Crippen LogP contribution >= 0.6 is 0 Å². The topological polar surface area (TPSA) is 204 Å². The number of aromatic nitrogens is 6. The molecular formula is C46H46N10O6. The lowest BCUT2D eigenvalue weighted by molar-refractivity contribution is -0.134. The lowest BCUT2D eigenvalue weighted by atomic mass is 10.0. The highest BCUT2D eigenvalue weighted by Gasteiger charge is 2.39. The number of aliphatic hydroxyl groups excluding tert-OH is 1. The highest BCUT2D eigenvalue weighted by Crippen LogP contribution is 2.37. The molecule has 5 atom stereocenters. The van der Waals surface area contributed by atoms with Gasteiger partial charge in [-0.15, -0.1) is 0 Å². The van der Waals surface area contributed by atoms with Gasteiger partial charge in [0.25, 0.3) is 5.91 Å². The van der Waals surface area contributed by atoms with E-state index < -0.39 is 30.5 Å². The summed E-state index contributed by atoms with van der Waals surface area (Å²) in [6.07, 6.45) is 4.43. The van der Waals surface area contributed by atoms with Gasteiger partial charge in [0.1, 0.15) is 23.9 Å². The van der Waals surface area contributed by atoms with Crippen LogP contribution in [0.25, 0.3) is 44.6 Å². The number of aromatic amines is 2. The number of carbonyl (C=O) groups excluding carboxylic acids is 3. The van der Waals surface area contributed by atoms with E-state index in [0.29, 0.717) is 30.3 Å². The molecule has 2 aliphatic heterocycles. The fourth-order valence-corrected chi connectivity index (χ4v) is 8.68. The molecule has 0 radical (unpaired) electrons. The van der Waals surface area contributed by atoms with Gasteiger partial charge in [-0.1, -0.05) is 66.7 Å². The number of amides is 3. The van der Waals surface area contributed by atoms with E-state index in [9.17, 15) is 19.5 Å². The molecule has 4 aromatic carbocycles. The number of nitrogens with zero attached hydrogens (tertiary/aromatic N) is 6. The number of alkyl carbamates (subject to hydrolysis) is 2. The van der Waals surface area contributed by atoms with Crippen molar-refractivity contribution in [3.63, 3.8) is 0 Å². The van der Waals surface area contributed by atoms with Crippen LogP contribution in [-0.4, -0.2) is 96.4 Å². The summed E-state index contributed by atoms with van der Waals surface area (Å²) in [5.41, 5.74) is 7.16. The Morgan fingerprint density at radius 1 is 0.694 bits per heavy atom. The summed E-state index contributed by atoms with van der Waals surface area (Å²) in [4.78, 5) is 68.5. The molecule has 2 aliphatic rings. The second-order valence-corrected chi connectivity index (χ2v) is 15.5. The number of H-pyrrole nitrogens is 2. The van der Waals surface area contributed by atoms with Crippen molar-refractivity contribution < 1.29 is 29.0 Å². The van der Waals surface area contributed by atoms with Crippen molar-refractivity contribution in [3.05, 3.63) is 132 Å². The molecule has 2 fully saturated rings. The molecular weight excluding hydrogens is 789 g/mol. The smallest absolute Gasteiger partial charge is 0.407 e. The van der Waals surface area contributed by atoms with E-state index in [4.69, 9.17) is 29.4 Å². The number of carbonyl (C=O) groups is 3. The number of fused-ring (bicyclic) bond motifs is 2. The van der Waals surface area contributed by atoms with Gasteiger partial charge in [-0.05, 0) is 72.7 Å². The molecule has 16 nitrogen and oxygen atoms in total. The van der Waals surface area contributed by atoms with Crippen molar-refractivity contribution in [2.24, 2.45) is 0 Å². The van der Waals surface area contributed by atoms with Crippen molar-refractivity contribution in [1.29, 1.82) is 0 Å². The molecule has 16 heteroatoms. The number of rotatable bonds is 11. The van der Waals surface area contributed by atoms with Crippen LogP contribution in [0, 0.1) is 0 Å². The fourth-order valence-electron chi connectivity index (χ4n) is 8.68. The fraction of sp³-hybridized carbons (Fsp3) is 0.283. The standard InChI is InChI=1S/C46H46N10O6/c1-61-45(59)53-38(27-11-5-3-6-12-27)43(57)55-21-9-15-36(55)41-49-32-19-17-29(23-34(32)51-41)31-25-47-40(48-26-31)30-18-20-33-35(24-30)52-42(50-33)37-16-10-22-56(37)44(58)39(54-46(60)62-2)28-13-7-4-8-14-28/h3-8,11-14,17-20,23-26,36-39,43,57H,9-10,15-16,21-22H2,1-2H3,(H,49,51)(H,50,52)(H,53,59)(H,54,60). The Hall–Kier alpha value is -7.17. The van der Waals surface area contributed by atoms with E-state index in [2.05, 4.69) is 20.6 Å². The van der Waals surface area contributed by atoms with Gasteiger partial charge in [0.05, 0.1) is 54.4 Å². The molecule has 3 aromatic heterocycles. The summed E-state index contributed by atoms with van der Waals surface area (Å²) in [6, 6.07) is 28.2. The molecule has 5 unspecified atom stereocenters. The van der Waals surface area contributed by atoms with Gasteiger partial charge in [0.2, 0.25) is 0 Å².